The minimum absolute atomic E-state index is 0.0480. The Bertz CT molecular complexity index is 809. The third kappa shape index (κ3) is 3.53. The van der Waals surface area contributed by atoms with E-state index in [2.05, 4.69) is 10.3 Å². The van der Waals surface area contributed by atoms with Crippen molar-refractivity contribution in [2.24, 2.45) is 5.92 Å². The summed E-state index contributed by atoms with van der Waals surface area (Å²) in [7, 11) is 0. The molecule has 0 bridgehead atoms. The van der Waals surface area contributed by atoms with E-state index in [4.69, 9.17) is 23.2 Å². The summed E-state index contributed by atoms with van der Waals surface area (Å²) in [5, 5.41) is 4.26. The van der Waals surface area contributed by atoms with E-state index < -0.39 is 0 Å². The average molecular weight is 390 g/mol. The first kappa shape index (κ1) is 17.6. The van der Waals surface area contributed by atoms with Crippen LogP contribution >= 0.6 is 23.2 Å². The van der Waals surface area contributed by atoms with Gasteiger partial charge in [0.15, 0.2) is 0 Å². The number of rotatable bonds is 3. The maximum atomic E-state index is 13.0. The van der Waals surface area contributed by atoms with Gasteiger partial charge in [0.05, 0.1) is 10.6 Å². The van der Waals surface area contributed by atoms with Gasteiger partial charge in [-0.15, -0.1) is 0 Å². The molecule has 2 heterocycles. The summed E-state index contributed by atoms with van der Waals surface area (Å²) in [4.78, 5) is 19.4. The molecule has 2 aliphatic rings. The van der Waals surface area contributed by atoms with E-state index in [0.717, 1.165) is 25.1 Å². The number of pyridine rings is 1. The third-order valence-electron chi connectivity index (χ3n) is 5.47. The summed E-state index contributed by atoms with van der Waals surface area (Å²) >= 11 is 12.3. The Morgan fingerprint density at radius 3 is 2.65 bits per heavy atom. The fourth-order valence-corrected chi connectivity index (χ4v) is 4.48. The molecule has 26 heavy (non-hydrogen) atoms. The van der Waals surface area contributed by atoms with Crippen LogP contribution in [0.3, 0.4) is 0 Å². The number of hydrogen-bond donors (Lipinski definition) is 1. The number of halogens is 2. The minimum atomic E-state index is 0.0480. The first-order chi connectivity index (χ1) is 12.6. The van der Waals surface area contributed by atoms with Gasteiger partial charge in [-0.25, -0.2) is 4.98 Å². The number of likely N-dealkylation sites (tertiary alicyclic amines) is 1. The zero-order valence-corrected chi connectivity index (χ0v) is 15.9. The Morgan fingerprint density at radius 1 is 1.12 bits per heavy atom. The van der Waals surface area contributed by atoms with Crippen LogP contribution in [0.1, 0.15) is 42.5 Å². The van der Waals surface area contributed by atoms with E-state index in [-0.39, 0.29) is 5.91 Å². The minimum Gasteiger partial charge on any atom is -0.339 e. The molecule has 2 unspecified atom stereocenters. The molecule has 1 saturated heterocycles. The molecule has 1 N–H and O–H groups in total. The topological polar surface area (TPSA) is 45.2 Å². The number of hydrogen-bond acceptors (Lipinski definition) is 3. The standard InChI is InChI=1S/C20H21Cl2N3O/c21-15-5-7-16(8-6-15)24-19-17(22)11-14(12-23-19)20(26)25-10-9-13-3-1-2-4-18(13)25/h5-8,11-13,18H,1-4,9-10H2,(H,23,24). The second-order valence-electron chi connectivity index (χ2n) is 7.09. The Hall–Kier alpha value is -1.78. The number of fused-ring (bicyclic) bond motifs is 1. The number of carbonyl (C=O) groups is 1. The van der Waals surface area contributed by atoms with E-state index in [1.807, 2.05) is 17.0 Å². The molecule has 4 nitrogen and oxygen atoms in total. The molecule has 0 spiro atoms. The fraction of sp³-hybridized carbons (Fsp3) is 0.400. The van der Waals surface area contributed by atoms with Crippen LogP contribution in [-0.4, -0.2) is 28.4 Å². The monoisotopic (exact) mass is 389 g/mol. The molecule has 1 aliphatic carbocycles. The van der Waals surface area contributed by atoms with Crippen LogP contribution in [0, 0.1) is 5.92 Å². The summed E-state index contributed by atoms with van der Waals surface area (Å²) < 4.78 is 0. The fourth-order valence-electron chi connectivity index (χ4n) is 4.14. The maximum absolute atomic E-state index is 13.0. The average Bonchev–Trinajstić information content (AvgIpc) is 3.08. The smallest absolute Gasteiger partial charge is 0.255 e. The van der Waals surface area contributed by atoms with Crippen LogP contribution in [0.2, 0.25) is 10.0 Å². The lowest BCUT2D eigenvalue weighted by Crippen LogP contribution is -2.39. The third-order valence-corrected chi connectivity index (χ3v) is 6.01. The molecular weight excluding hydrogens is 369 g/mol. The Morgan fingerprint density at radius 2 is 1.88 bits per heavy atom. The van der Waals surface area contributed by atoms with Gasteiger partial charge in [0.25, 0.3) is 5.91 Å². The molecule has 0 radical (unpaired) electrons. The molecule has 1 amide bonds. The molecular formula is C20H21Cl2N3O. The molecule has 1 saturated carbocycles. The normalized spacial score (nSPS) is 22.2. The SMILES string of the molecule is O=C(c1cnc(Nc2ccc(Cl)cc2)c(Cl)c1)N1CCC2CCCCC21. The highest BCUT2D eigenvalue weighted by Gasteiger charge is 2.38. The number of nitrogens with zero attached hydrogens (tertiary/aromatic N) is 2. The zero-order valence-electron chi connectivity index (χ0n) is 14.4. The van der Waals surface area contributed by atoms with Crippen molar-refractivity contribution < 1.29 is 4.79 Å². The number of carbonyl (C=O) groups excluding carboxylic acids is 1. The number of nitrogens with one attached hydrogen (secondary N) is 1. The first-order valence-electron chi connectivity index (χ1n) is 9.11. The largest absolute Gasteiger partial charge is 0.339 e. The van der Waals surface area contributed by atoms with E-state index >= 15 is 0 Å². The summed E-state index contributed by atoms with van der Waals surface area (Å²) in [6, 6.07) is 9.40. The van der Waals surface area contributed by atoms with Crippen LogP contribution < -0.4 is 5.32 Å². The summed E-state index contributed by atoms with van der Waals surface area (Å²) in [6.45, 7) is 0.844. The lowest BCUT2D eigenvalue weighted by Gasteiger charge is -2.31. The number of amides is 1. The molecule has 2 aromatic rings. The van der Waals surface area contributed by atoms with Gasteiger partial charge in [0.1, 0.15) is 5.82 Å². The van der Waals surface area contributed by atoms with Crippen molar-refractivity contribution >= 4 is 40.6 Å². The van der Waals surface area contributed by atoms with Gasteiger partial charge in [0.2, 0.25) is 0 Å². The molecule has 2 fully saturated rings. The van der Waals surface area contributed by atoms with Crippen LogP contribution in [0.25, 0.3) is 0 Å². The van der Waals surface area contributed by atoms with E-state index in [1.165, 1.54) is 19.3 Å². The van der Waals surface area contributed by atoms with Crippen molar-refractivity contribution in [3.63, 3.8) is 0 Å². The van der Waals surface area contributed by atoms with Crippen LogP contribution in [0.5, 0.6) is 0 Å². The Kier molecular flexibility index (Phi) is 5.05. The van der Waals surface area contributed by atoms with Crippen molar-refractivity contribution in [2.45, 2.75) is 38.1 Å². The predicted molar refractivity (Wildman–Crippen MR) is 105 cm³/mol. The second-order valence-corrected chi connectivity index (χ2v) is 7.93. The molecule has 1 aliphatic heterocycles. The lowest BCUT2D eigenvalue weighted by molar-refractivity contribution is 0.0689. The van der Waals surface area contributed by atoms with Crippen molar-refractivity contribution in [3.05, 3.63) is 52.1 Å². The van der Waals surface area contributed by atoms with Gasteiger partial charge < -0.3 is 10.2 Å². The van der Waals surface area contributed by atoms with Crippen LogP contribution in [0.4, 0.5) is 11.5 Å². The predicted octanol–water partition coefficient (Wildman–Crippen LogP) is 5.54. The summed E-state index contributed by atoms with van der Waals surface area (Å²) in [5.41, 5.74) is 1.40. The second kappa shape index (κ2) is 7.45. The molecule has 1 aromatic carbocycles. The number of anilines is 2. The maximum Gasteiger partial charge on any atom is 0.255 e. The van der Waals surface area contributed by atoms with Crippen molar-refractivity contribution in [3.8, 4) is 0 Å². The molecule has 6 heteroatoms. The highest BCUT2D eigenvalue weighted by atomic mass is 35.5. The Labute approximate surface area is 163 Å². The van der Waals surface area contributed by atoms with Crippen LogP contribution in [0.15, 0.2) is 36.5 Å². The lowest BCUT2D eigenvalue weighted by atomic mass is 9.85. The van der Waals surface area contributed by atoms with Gasteiger partial charge in [-0.1, -0.05) is 36.0 Å². The number of aromatic nitrogens is 1. The quantitative estimate of drug-likeness (QED) is 0.749. The highest BCUT2D eigenvalue weighted by molar-refractivity contribution is 6.33. The molecule has 136 valence electrons. The molecule has 2 atom stereocenters. The van der Waals surface area contributed by atoms with Crippen molar-refractivity contribution in [1.29, 1.82) is 0 Å². The van der Waals surface area contributed by atoms with E-state index in [9.17, 15) is 4.79 Å². The zero-order chi connectivity index (χ0) is 18.1. The van der Waals surface area contributed by atoms with Crippen molar-refractivity contribution in [1.82, 2.24) is 9.88 Å². The van der Waals surface area contributed by atoms with Gasteiger partial charge in [-0.2, -0.15) is 0 Å². The summed E-state index contributed by atoms with van der Waals surface area (Å²) in [6.07, 6.45) is 7.61. The van der Waals surface area contributed by atoms with Crippen LogP contribution in [-0.2, 0) is 0 Å². The van der Waals surface area contributed by atoms with Crippen molar-refractivity contribution in [2.75, 3.05) is 11.9 Å². The van der Waals surface area contributed by atoms with Gasteiger partial charge in [-0.3, -0.25) is 4.79 Å². The summed E-state index contributed by atoms with van der Waals surface area (Å²) in [5.74, 6) is 1.25. The Balaban J connectivity index is 1.50. The van der Waals surface area contributed by atoms with E-state index in [1.54, 1.807) is 24.4 Å². The van der Waals surface area contributed by atoms with Gasteiger partial charge in [-0.05, 0) is 55.5 Å². The first-order valence-corrected chi connectivity index (χ1v) is 9.86. The van der Waals surface area contributed by atoms with Gasteiger partial charge >= 0.3 is 0 Å². The highest BCUT2D eigenvalue weighted by Crippen LogP contribution is 2.37. The molecule has 4 rings (SSSR count). The van der Waals surface area contributed by atoms with Gasteiger partial charge in [0, 0.05) is 29.5 Å². The number of benzene rings is 1. The molecule has 1 aromatic heterocycles. The van der Waals surface area contributed by atoms with E-state index in [0.29, 0.717) is 33.4 Å².